The summed E-state index contributed by atoms with van der Waals surface area (Å²) in [6.07, 6.45) is 2.51. The molecule has 2 aliphatic heterocycles. The van der Waals surface area contributed by atoms with E-state index < -0.39 is 27.9 Å². The van der Waals surface area contributed by atoms with Gasteiger partial charge in [0, 0.05) is 13.1 Å². The minimum atomic E-state index is -3.32. The number of aliphatic carboxylic acids is 1. The van der Waals surface area contributed by atoms with Gasteiger partial charge in [-0.25, -0.2) is 13.2 Å². The second-order valence-electron chi connectivity index (χ2n) is 4.94. The van der Waals surface area contributed by atoms with Crippen molar-refractivity contribution in [1.29, 1.82) is 0 Å². The lowest BCUT2D eigenvalue weighted by Crippen LogP contribution is -2.51. The van der Waals surface area contributed by atoms with Gasteiger partial charge in [-0.1, -0.05) is 0 Å². The summed E-state index contributed by atoms with van der Waals surface area (Å²) >= 11 is 0. The number of piperidine rings is 1. The molecule has 0 spiro atoms. The smallest absolute Gasteiger partial charge is 0.326 e. The number of carboxylic acid groups (broad SMARTS) is 1. The molecule has 0 unspecified atom stereocenters. The molecule has 0 aromatic rings. The van der Waals surface area contributed by atoms with Gasteiger partial charge in [-0.3, -0.25) is 4.79 Å². The molecule has 0 aromatic carbocycles. The van der Waals surface area contributed by atoms with Crippen LogP contribution in [0.25, 0.3) is 0 Å². The van der Waals surface area contributed by atoms with Gasteiger partial charge in [-0.05, 0) is 25.7 Å². The summed E-state index contributed by atoms with van der Waals surface area (Å²) in [5, 5.41) is 9.10. The molecule has 1 atom stereocenters. The Hall–Kier alpha value is -1.15. The van der Waals surface area contributed by atoms with Crippen molar-refractivity contribution in [2.45, 2.75) is 31.7 Å². The van der Waals surface area contributed by atoms with E-state index in [4.69, 9.17) is 5.11 Å². The number of sulfonamides is 1. The molecule has 0 bridgehead atoms. The number of nitrogens with zero attached hydrogens (tertiary/aromatic N) is 2. The SMILES string of the molecule is O=C(O)[C@H]1CCCCN1C(=O)CN1CCCS1(=O)=O. The molecule has 0 saturated carbocycles. The maximum Gasteiger partial charge on any atom is 0.326 e. The third kappa shape index (κ3) is 3.06. The van der Waals surface area contributed by atoms with Crippen molar-refractivity contribution in [3.05, 3.63) is 0 Å². The van der Waals surface area contributed by atoms with Crippen LogP contribution in [0, 0.1) is 0 Å². The molecule has 19 heavy (non-hydrogen) atoms. The number of carbonyl (C=O) groups excluding carboxylic acids is 1. The molecule has 0 aromatic heterocycles. The third-order valence-corrected chi connectivity index (χ3v) is 5.53. The third-order valence-electron chi connectivity index (χ3n) is 3.62. The van der Waals surface area contributed by atoms with Crippen LogP contribution in [-0.2, 0) is 19.6 Å². The zero-order valence-corrected chi connectivity index (χ0v) is 11.4. The Morgan fingerprint density at radius 3 is 2.47 bits per heavy atom. The van der Waals surface area contributed by atoms with E-state index in [1.807, 2.05) is 0 Å². The van der Waals surface area contributed by atoms with E-state index in [0.717, 1.165) is 17.1 Å². The van der Waals surface area contributed by atoms with E-state index >= 15 is 0 Å². The molecule has 0 radical (unpaired) electrons. The van der Waals surface area contributed by atoms with Crippen LogP contribution in [0.15, 0.2) is 0 Å². The minimum Gasteiger partial charge on any atom is -0.480 e. The molecular formula is C11H18N2O5S. The van der Waals surface area contributed by atoms with Crippen molar-refractivity contribution in [3.63, 3.8) is 0 Å². The Bertz CT molecular complexity index is 475. The van der Waals surface area contributed by atoms with Crippen molar-refractivity contribution in [1.82, 2.24) is 9.21 Å². The van der Waals surface area contributed by atoms with Crippen molar-refractivity contribution < 1.29 is 23.1 Å². The molecule has 108 valence electrons. The second kappa shape index (κ2) is 5.46. The van der Waals surface area contributed by atoms with Gasteiger partial charge in [-0.2, -0.15) is 4.31 Å². The quantitative estimate of drug-likeness (QED) is 0.755. The molecule has 8 heteroatoms. The van der Waals surface area contributed by atoms with Gasteiger partial charge < -0.3 is 10.0 Å². The number of carbonyl (C=O) groups is 2. The second-order valence-corrected chi connectivity index (χ2v) is 7.03. The molecule has 1 N–H and O–H groups in total. The Balaban J connectivity index is 2.04. The number of carboxylic acids is 1. The van der Waals surface area contributed by atoms with Crippen LogP contribution in [0.3, 0.4) is 0 Å². The van der Waals surface area contributed by atoms with Gasteiger partial charge in [0.05, 0.1) is 12.3 Å². The van der Waals surface area contributed by atoms with Gasteiger partial charge >= 0.3 is 5.97 Å². The monoisotopic (exact) mass is 290 g/mol. The highest BCUT2D eigenvalue weighted by Gasteiger charge is 2.36. The van der Waals surface area contributed by atoms with Crippen LogP contribution >= 0.6 is 0 Å². The summed E-state index contributed by atoms with van der Waals surface area (Å²) in [4.78, 5) is 24.5. The average Bonchev–Trinajstić information content (AvgIpc) is 2.68. The highest BCUT2D eigenvalue weighted by molar-refractivity contribution is 7.89. The van der Waals surface area contributed by atoms with Gasteiger partial charge in [0.2, 0.25) is 15.9 Å². The first-order valence-corrected chi connectivity index (χ1v) is 8.03. The maximum absolute atomic E-state index is 12.1. The van der Waals surface area contributed by atoms with Gasteiger partial charge in [0.1, 0.15) is 6.04 Å². The minimum absolute atomic E-state index is 0.0721. The summed E-state index contributed by atoms with van der Waals surface area (Å²) in [7, 11) is -3.32. The van der Waals surface area contributed by atoms with E-state index in [0.29, 0.717) is 25.9 Å². The number of amides is 1. The lowest BCUT2D eigenvalue weighted by molar-refractivity contribution is -0.152. The van der Waals surface area contributed by atoms with E-state index in [-0.39, 0.29) is 12.3 Å². The highest BCUT2D eigenvalue weighted by Crippen LogP contribution is 2.19. The highest BCUT2D eigenvalue weighted by atomic mass is 32.2. The fourth-order valence-electron chi connectivity index (χ4n) is 2.60. The number of likely N-dealkylation sites (tertiary alicyclic amines) is 1. The van der Waals surface area contributed by atoms with E-state index in [1.165, 1.54) is 4.90 Å². The van der Waals surface area contributed by atoms with E-state index in [2.05, 4.69) is 0 Å². The molecule has 2 fully saturated rings. The van der Waals surface area contributed by atoms with Crippen molar-refractivity contribution in [2.75, 3.05) is 25.4 Å². The molecule has 2 heterocycles. The number of rotatable bonds is 3. The van der Waals surface area contributed by atoms with Gasteiger partial charge in [0.25, 0.3) is 0 Å². The Morgan fingerprint density at radius 2 is 1.89 bits per heavy atom. The normalized spacial score (nSPS) is 27.4. The van der Waals surface area contributed by atoms with E-state index in [9.17, 15) is 18.0 Å². The fraction of sp³-hybridized carbons (Fsp3) is 0.818. The molecular weight excluding hydrogens is 272 g/mol. The zero-order valence-electron chi connectivity index (χ0n) is 10.6. The first kappa shape index (κ1) is 14.3. The predicted molar refractivity (Wildman–Crippen MR) is 67.0 cm³/mol. The number of hydrogen-bond acceptors (Lipinski definition) is 4. The van der Waals surface area contributed by atoms with Gasteiger partial charge in [0.15, 0.2) is 0 Å². The van der Waals surface area contributed by atoms with Crippen molar-refractivity contribution in [2.24, 2.45) is 0 Å². The van der Waals surface area contributed by atoms with Crippen LogP contribution in [0.1, 0.15) is 25.7 Å². The number of hydrogen-bond donors (Lipinski definition) is 1. The lowest BCUT2D eigenvalue weighted by Gasteiger charge is -2.33. The Labute approximate surface area is 112 Å². The molecule has 2 aliphatic rings. The molecule has 1 amide bonds. The van der Waals surface area contributed by atoms with Gasteiger partial charge in [-0.15, -0.1) is 0 Å². The first-order valence-electron chi connectivity index (χ1n) is 6.42. The summed E-state index contributed by atoms with van der Waals surface area (Å²) < 4.78 is 24.4. The summed E-state index contributed by atoms with van der Waals surface area (Å²) in [6, 6.07) is -0.813. The first-order chi connectivity index (χ1) is 8.92. The molecule has 2 rings (SSSR count). The summed E-state index contributed by atoms with van der Waals surface area (Å²) in [5.74, 6) is -1.35. The predicted octanol–water partition coefficient (Wildman–Crippen LogP) is -0.512. The fourth-order valence-corrected chi connectivity index (χ4v) is 4.06. The largest absolute Gasteiger partial charge is 0.480 e. The topological polar surface area (TPSA) is 95.0 Å². The maximum atomic E-state index is 12.1. The lowest BCUT2D eigenvalue weighted by atomic mass is 10.0. The van der Waals surface area contributed by atoms with Crippen molar-refractivity contribution in [3.8, 4) is 0 Å². The molecule has 7 nitrogen and oxygen atoms in total. The van der Waals surface area contributed by atoms with Crippen LogP contribution in [-0.4, -0.2) is 66.0 Å². The standard InChI is InChI=1S/C11H18N2O5S/c14-10(8-12-5-3-7-19(12,17)18)13-6-2-1-4-9(13)11(15)16/h9H,1-8H2,(H,15,16)/t9-/m1/s1. The van der Waals surface area contributed by atoms with Crippen molar-refractivity contribution >= 4 is 21.9 Å². The van der Waals surface area contributed by atoms with Crippen LogP contribution < -0.4 is 0 Å². The van der Waals surface area contributed by atoms with Crippen LogP contribution in [0.4, 0.5) is 0 Å². The average molecular weight is 290 g/mol. The Kier molecular flexibility index (Phi) is 4.10. The van der Waals surface area contributed by atoms with E-state index in [1.54, 1.807) is 0 Å². The molecule has 0 aliphatic carbocycles. The summed E-state index contributed by atoms with van der Waals surface area (Å²) in [6.45, 7) is 0.509. The Morgan fingerprint density at radius 1 is 1.16 bits per heavy atom. The molecule has 2 saturated heterocycles. The van der Waals surface area contributed by atoms with Crippen LogP contribution in [0.5, 0.6) is 0 Å². The summed E-state index contributed by atoms with van der Waals surface area (Å²) in [5.41, 5.74) is 0. The van der Waals surface area contributed by atoms with Crippen LogP contribution in [0.2, 0.25) is 0 Å². The zero-order chi connectivity index (χ0) is 14.0.